The van der Waals surface area contributed by atoms with Gasteiger partial charge in [0.15, 0.2) is 0 Å². The molecule has 0 unspecified atom stereocenters. The Kier molecular flexibility index (Phi) is 4.47. The average molecular weight is 316 g/mol. The number of aromatic nitrogens is 2. The summed E-state index contributed by atoms with van der Waals surface area (Å²) in [6, 6.07) is 10.1. The first-order valence-electron chi connectivity index (χ1n) is 7.43. The van der Waals surface area contributed by atoms with Gasteiger partial charge in [0.1, 0.15) is 5.56 Å². The van der Waals surface area contributed by atoms with Crippen LogP contribution in [-0.2, 0) is 10.5 Å². The minimum atomic E-state index is -1.10. The van der Waals surface area contributed by atoms with Crippen molar-refractivity contribution in [2.24, 2.45) is 0 Å². The van der Waals surface area contributed by atoms with Crippen molar-refractivity contribution in [2.45, 2.75) is 18.4 Å². The Morgan fingerprint density at radius 3 is 2.43 bits per heavy atom. The molecule has 0 amide bonds. The van der Waals surface area contributed by atoms with Crippen LogP contribution >= 0.6 is 0 Å². The van der Waals surface area contributed by atoms with Gasteiger partial charge in [-0.05, 0) is 31.5 Å². The Labute approximate surface area is 133 Å². The second-order valence-corrected chi connectivity index (χ2v) is 5.48. The SMILES string of the molecule is O=C(OF)c1cnc(NC2(c3ccccc3)CCNCC2)nc1. The summed E-state index contributed by atoms with van der Waals surface area (Å²) in [5, 5.41) is 6.73. The van der Waals surface area contributed by atoms with Crippen LogP contribution in [0.2, 0.25) is 0 Å². The maximum Gasteiger partial charge on any atom is 0.382 e. The lowest BCUT2D eigenvalue weighted by Crippen LogP contribution is -2.45. The number of hydrogen-bond acceptors (Lipinski definition) is 6. The number of hydrogen-bond donors (Lipinski definition) is 2. The fourth-order valence-corrected chi connectivity index (χ4v) is 2.85. The van der Waals surface area contributed by atoms with E-state index in [4.69, 9.17) is 0 Å². The van der Waals surface area contributed by atoms with Crippen LogP contribution in [0, 0.1) is 0 Å². The van der Waals surface area contributed by atoms with E-state index in [0.29, 0.717) is 5.95 Å². The number of nitrogens with one attached hydrogen (secondary N) is 2. The molecule has 0 atom stereocenters. The molecule has 1 aromatic heterocycles. The van der Waals surface area contributed by atoms with Gasteiger partial charge in [-0.1, -0.05) is 30.3 Å². The first-order valence-corrected chi connectivity index (χ1v) is 7.43. The highest BCUT2D eigenvalue weighted by atomic mass is 19.3. The Morgan fingerprint density at radius 1 is 1.17 bits per heavy atom. The van der Waals surface area contributed by atoms with Gasteiger partial charge in [0.25, 0.3) is 0 Å². The lowest BCUT2D eigenvalue weighted by molar-refractivity contribution is -0.0788. The number of rotatable bonds is 4. The minimum Gasteiger partial charge on any atom is -0.345 e. The van der Waals surface area contributed by atoms with Crippen molar-refractivity contribution < 1.29 is 14.3 Å². The Balaban J connectivity index is 1.86. The first kappa shape index (κ1) is 15.4. The molecule has 1 aliphatic rings. The first-order chi connectivity index (χ1) is 11.2. The van der Waals surface area contributed by atoms with E-state index in [1.165, 1.54) is 12.4 Å². The fourth-order valence-electron chi connectivity index (χ4n) is 2.85. The zero-order chi connectivity index (χ0) is 16.1. The third kappa shape index (κ3) is 3.29. The van der Waals surface area contributed by atoms with Crippen LogP contribution < -0.4 is 10.6 Å². The Morgan fingerprint density at radius 2 is 1.83 bits per heavy atom. The van der Waals surface area contributed by atoms with E-state index < -0.39 is 5.97 Å². The van der Waals surface area contributed by atoms with Crippen LogP contribution in [0.4, 0.5) is 10.5 Å². The van der Waals surface area contributed by atoms with Crippen LogP contribution in [0.25, 0.3) is 0 Å². The number of carbonyl (C=O) groups excluding carboxylic acids is 1. The maximum absolute atomic E-state index is 11.9. The molecular weight excluding hydrogens is 299 g/mol. The highest BCUT2D eigenvalue weighted by molar-refractivity contribution is 5.88. The quantitative estimate of drug-likeness (QED) is 0.900. The zero-order valence-electron chi connectivity index (χ0n) is 12.5. The normalized spacial score (nSPS) is 16.6. The largest absolute Gasteiger partial charge is 0.382 e. The smallest absolute Gasteiger partial charge is 0.345 e. The highest BCUT2D eigenvalue weighted by Gasteiger charge is 2.34. The van der Waals surface area contributed by atoms with E-state index in [9.17, 15) is 9.32 Å². The Bertz CT molecular complexity index is 658. The molecule has 120 valence electrons. The van der Waals surface area contributed by atoms with Crippen molar-refractivity contribution in [3.8, 4) is 0 Å². The van der Waals surface area contributed by atoms with Gasteiger partial charge in [0.2, 0.25) is 5.95 Å². The molecule has 23 heavy (non-hydrogen) atoms. The maximum atomic E-state index is 11.9. The van der Waals surface area contributed by atoms with Crippen LogP contribution in [-0.4, -0.2) is 29.0 Å². The summed E-state index contributed by atoms with van der Waals surface area (Å²) < 4.78 is 11.9. The van der Waals surface area contributed by atoms with E-state index >= 15 is 0 Å². The van der Waals surface area contributed by atoms with E-state index in [-0.39, 0.29) is 11.1 Å². The predicted octanol–water partition coefficient (Wildman–Crippen LogP) is 2.21. The molecule has 6 nitrogen and oxygen atoms in total. The van der Waals surface area contributed by atoms with Crippen LogP contribution in [0.3, 0.4) is 0 Å². The molecule has 0 saturated carbocycles. The van der Waals surface area contributed by atoms with E-state index in [0.717, 1.165) is 31.5 Å². The van der Waals surface area contributed by atoms with Crippen molar-refractivity contribution in [2.75, 3.05) is 18.4 Å². The van der Waals surface area contributed by atoms with Crippen LogP contribution in [0.5, 0.6) is 0 Å². The van der Waals surface area contributed by atoms with Gasteiger partial charge in [0.05, 0.1) is 5.54 Å². The summed E-state index contributed by atoms with van der Waals surface area (Å²) in [5.74, 6) is -0.706. The molecule has 2 heterocycles. The van der Waals surface area contributed by atoms with Gasteiger partial charge >= 0.3 is 5.97 Å². The molecule has 0 spiro atoms. The van der Waals surface area contributed by atoms with Crippen molar-refractivity contribution in [1.82, 2.24) is 15.3 Å². The molecular formula is C16H17FN4O2. The second-order valence-electron chi connectivity index (χ2n) is 5.48. The number of carbonyl (C=O) groups is 1. The molecule has 1 fully saturated rings. The van der Waals surface area contributed by atoms with E-state index in [1.54, 1.807) is 0 Å². The predicted molar refractivity (Wildman–Crippen MR) is 82.4 cm³/mol. The number of benzene rings is 1. The molecule has 1 aliphatic heterocycles. The van der Waals surface area contributed by atoms with Gasteiger partial charge in [-0.25, -0.2) is 19.7 Å². The van der Waals surface area contributed by atoms with Gasteiger partial charge in [-0.2, -0.15) is 0 Å². The lowest BCUT2D eigenvalue weighted by Gasteiger charge is -2.39. The van der Waals surface area contributed by atoms with Crippen molar-refractivity contribution in [3.05, 3.63) is 53.9 Å². The molecule has 0 bridgehead atoms. The van der Waals surface area contributed by atoms with Crippen molar-refractivity contribution in [1.29, 1.82) is 0 Å². The second kappa shape index (κ2) is 6.70. The Hall–Kier alpha value is -2.54. The van der Waals surface area contributed by atoms with Crippen LogP contribution in [0.15, 0.2) is 42.7 Å². The fraction of sp³-hybridized carbons (Fsp3) is 0.312. The monoisotopic (exact) mass is 316 g/mol. The number of halogens is 1. The molecule has 0 radical (unpaired) electrons. The van der Waals surface area contributed by atoms with Gasteiger partial charge in [-0.3, -0.25) is 0 Å². The van der Waals surface area contributed by atoms with Gasteiger partial charge < -0.3 is 10.6 Å². The summed E-state index contributed by atoms with van der Waals surface area (Å²) in [7, 11) is 0. The van der Waals surface area contributed by atoms with Crippen LogP contribution in [0.1, 0.15) is 28.8 Å². The average Bonchev–Trinajstić information content (AvgIpc) is 2.63. The standard InChI is InChI=1S/C16H17FN4O2/c17-23-14(22)12-10-19-15(20-11-12)21-16(6-8-18-9-7-16)13-4-2-1-3-5-13/h1-5,10-11,18H,6-9H2,(H,19,20,21). The molecule has 2 aromatic rings. The molecule has 2 N–H and O–H groups in total. The molecule has 1 aromatic carbocycles. The minimum absolute atomic E-state index is 0.0304. The summed E-state index contributed by atoms with van der Waals surface area (Å²) in [6.07, 6.45) is 4.26. The van der Waals surface area contributed by atoms with E-state index in [2.05, 4.69) is 37.7 Å². The number of piperidine rings is 1. The zero-order valence-corrected chi connectivity index (χ0v) is 12.5. The summed E-state index contributed by atoms with van der Waals surface area (Å²) in [4.78, 5) is 22.5. The summed E-state index contributed by atoms with van der Waals surface area (Å²) in [6.45, 7) is 1.77. The van der Waals surface area contributed by atoms with E-state index in [1.807, 2.05) is 18.2 Å². The van der Waals surface area contributed by atoms with Gasteiger partial charge in [-0.15, -0.1) is 0 Å². The third-order valence-corrected chi connectivity index (χ3v) is 4.09. The third-order valence-electron chi connectivity index (χ3n) is 4.09. The lowest BCUT2D eigenvalue weighted by atomic mass is 9.81. The summed E-state index contributed by atoms with van der Waals surface area (Å²) in [5.41, 5.74) is 0.865. The molecule has 0 aliphatic carbocycles. The molecule has 7 heteroatoms. The highest BCUT2D eigenvalue weighted by Crippen LogP contribution is 2.33. The number of nitrogens with zero attached hydrogens (tertiary/aromatic N) is 2. The topological polar surface area (TPSA) is 76.1 Å². The van der Waals surface area contributed by atoms with Crippen molar-refractivity contribution >= 4 is 11.9 Å². The van der Waals surface area contributed by atoms with Crippen molar-refractivity contribution in [3.63, 3.8) is 0 Å². The van der Waals surface area contributed by atoms with Gasteiger partial charge in [0, 0.05) is 16.9 Å². The summed E-state index contributed by atoms with van der Waals surface area (Å²) >= 11 is 0. The molecule has 3 rings (SSSR count). The molecule has 1 saturated heterocycles. The number of anilines is 1.